The van der Waals surface area contributed by atoms with Gasteiger partial charge in [-0.2, -0.15) is 9.61 Å². The summed E-state index contributed by atoms with van der Waals surface area (Å²) in [7, 11) is 0. The Hall–Kier alpha value is -1.27. The van der Waals surface area contributed by atoms with Gasteiger partial charge in [-0.25, -0.2) is 4.98 Å². The molecule has 0 bridgehead atoms. The van der Waals surface area contributed by atoms with E-state index in [4.69, 9.17) is 0 Å². The SMILES string of the molecule is CC(C)c1cc(=O)n2nc([C@H]3CCCN3)sc2n1. The molecule has 1 saturated heterocycles. The zero-order valence-electron chi connectivity index (χ0n) is 10.5. The van der Waals surface area contributed by atoms with Crippen molar-refractivity contribution in [2.24, 2.45) is 0 Å². The monoisotopic (exact) mass is 264 g/mol. The van der Waals surface area contributed by atoms with Crippen molar-refractivity contribution in [3.8, 4) is 0 Å². The Morgan fingerprint density at radius 2 is 2.39 bits per heavy atom. The van der Waals surface area contributed by atoms with Crippen LogP contribution in [-0.4, -0.2) is 21.1 Å². The highest BCUT2D eigenvalue weighted by Crippen LogP contribution is 2.26. The topological polar surface area (TPSA) is 59.3 Å². The van der Waals surface area contributed by atoms with Crippen LogP contribution in [0, 0.1) is 0 Å². The van der Waals surface area contributed by atoms with Crippen LogP contribution in [0.15, 0.2) is 10.9 Å². The lowest BCUT2D eigenvalue weighted by molar-refractivity contribution is 0.627. The lowest BCUT2D eigenvalue weighted by Crippen LogP contribution is -2.17. The molecule has 3 heterocycles. The van der Waals surface area contributed by atoms with Gasteiger partial charge in [-0.05, 0) is 25.3 Å². The minimum Gasteiger partial charge on any atom is -0.308 e. The molecule has 0 unspecified atom stereocenters. The molecule has 6 heteroatoms. The molecule has 1 N–H and O–H groups in total. The van der Waals surface area contributed by atoms with Crippen molar-refractivity contribution in [1.29, 1.82) is 0 Å². The molecule has 1 aliphatic heterocycles. The van der Waals surface area contributed by atoms with Gasteiger partial charge in [-0.1, -0.05) is 25.2 Å². The molecular formula is C12H16N4OS. The summed E-state index contributed by atoms with van der Waals surface area (Å²) >= 11 is 1.52. The summed E-state index contributed by atoms with van der Waals surface area (Å²) in [6.07, 6.45) is 2.26. The second kappa shape index (κ2) is 4.44. The van der Waals surface area contributed by atoms with Crippen LogP contribution in [-0.2, 0) is 0 Å². The van der Waals surface area contributed by atoms with Crippen molar-refractivity contribution < 1.29 is 0 Å². The van der Waals surface area contributed by atoms with Gasteiger partial charge in [-0.3, -0.25) is 4.79 Å². The van der Waals surface area contributed by atoms with Crippen molar-refractivity contribution in [2.45, 2.75) is 38.6 Å². The average molecular weight is 264 g/mol. The molecule has 18 heavy (non-hydrogen) atoms. The third-order valence-electron chi connectivity index (χ3n) is 3.23. The average Bonchev–Trinajstić information content (AvgIpc) is 2.96. The largest absolute Gasteiger partial charge is 0.308 e. The van der Waals surface area contributed by atoms with Gasteiger partial charge in [0, 0.05) is 6.07 Å². The number of nitrogens with zero attached hydrogens (tertiary/aromatic N) is 3. The van der Waals surface area contributed by atoms with Crippen LogP contribution >= 0.6 is 11.3 Å². The number of aromatic nitrogens is 3. The highest BCUT2D eigenvalue weighted by Gasteiger charge is 2.21. The molecule has 5 nitrogen and oxygen atoms in total. The molecule has 1 fully saturated rings. The zero-order valence-corrected chi connectivity index (χ0v) is 11.3. The van der Waals surface area contributed by atoms with Gasteiger partial charge in [0.25, 0.3) is 5.56 Å². The maximum absolute atomic E-state index is 12.0. The predicted molar refractivity (Wildman–Crippen MR) is 71.2 cm³/mol. The van der Waals surface area contributed by atoms with Crippen molar-refractivity contribution in [2.75, 3.05) is 6.54 Å². The van der Waals surface area contributed by atoms with Gasteiger partial charge in [0.2, 0.25) is 4.96 Å². The third kappa shape index (κ3) is 1.95. The fourth-order valence-electron chi connectivity index (χ4n) is 2.17. The van der Waals surface area contributed by atoms with E-state index in [0.717, 1.165) is 23.7 Å². The number of hydrogen-bond donors (Lipinski definition) is 1. The number of rotatable bonds is 2. The molecule has 3 rings (SSSR count). The minimum atomic E-state index is -0.0794. The highest BCUT2D eigenvalue weighted by atomic mass is 32.1. The second-order valence-electron chi connectivity index (χ2n) is 4.96. The van der Waals surface area contributed by atoms with E-state index >= 15 is 0 Å². The molecule has 0 amide bonds. The van der Waals surface area contributed by atoms with Crippen LogP contribution in [0.2, 0.25) is 0 Å². The van der Waals surface area contributed by atoms with Gasteiger partial charge >= 0.3 is 0 Å². The number of fused-ring (bicyclic) bond motifs is 1. The van der Waals surface area contributed by atoms with Gasteiger partial charge in [0.1, 0.15) is 5.01 Å². The highest BCUT2D eigenvalue weighted by molar-refractivity contribution is 7.16. The lowest BCUT2D eigenvalue weighted by Gasteiger charge is -2.02. The van der Waals surface area contributed by atoms with Gasteiger partial charge in [-0.15, -0.1) is 0 Å². The summed E-state index contributed by atoms with van der Waals surface area (Å²) in [4.78, 5) is 17.2. The molecule has 0 saturated carbocycles. The summed E-state index contributed by atoms with van der Waals surface area (Å²) in [5, 5.41) is 8.76. The Morgan fingerprint density at radius 3 is 3.06 bits per heavy atom. The Balaban J connectivity index is 2.10. The van der Waals surface area contributed by atoms with E-state index in [9.17, 15) is 4.79 Å². The van der Waals surface area contributed by atoms with E-state index in [2.05, 4.69) is 15.4 Å². The first-order valence-electron chi connectivity index (χ1n) is 6.29. The quantitative estimate of drug-likeness (QED) is 0.897. The van der Waals surface area contributed by atoms with E-state index in [-0.39, 0.29) is 11.5 Å². The zero-order chi connectivity index (χ0) is 12.7. The molecule has 2 aromatic rings. The number of nitrogens with one attached hydrogen (secondary N) is 1. The van der Waals surface area contributed by atoms with E-state index in [0.29, 0.717) is 11.0 Å². The minimum absolute atomic E-state index is 0.0794. The van der Waals surface area contributed by atoms with Crippen LogP contribution in [0.1, 0.15) is 49.4 Å². The van der Waals surface area contributed by atoms with Crippen molar-refractivity contribution >= 4 is 16.3 Å². The molecule has 0 spiro atoms. The summed E-state index contributed by atoms with van der Waals surface area (Å²) in [6, 6.07) is 1.88. The van der Waals surface area contributed by atoms with Crippen LogP contribution in [0.4, 0.5) is 0 Å². The van der Waals surface area contributed by atoms with Crippen LogP contribution < -0.4 is 10.9 Å². The molecule has 1 aliphatic rings. The maximum atomic E-state index is 12.0. The Bertz CT molecular complexity index is 625. The molecule has 2 aromatic heterocycles. The molecule has 96 valence electrons. The number of hydrogen-bond acceptors (Lipinski definition) is 5. The van der Waals surface area contributed by atoms with Gasteiger partial charge < -0.3 is 5.32 Å². The predicted octanol–water partition coefficient (Wildman–Crippen LogP) is 1.70. The Labute approximate surface area is 109 Å². The normalized spacial score (nSPS) is 20.1. The van der Waals surface area contributed by atoms with E-state index in [1.165, 1.54) is 22.3 Å². The van der Waals surface area contributed by atoms with Crippen molar-refractivity contribution in [3.05, 3.63) is 27.1 Å². The van der Waals surface area contributed by atoms with E-state index < -0.39 is 0 Å². The summed E-state index contributed by atoms with van der Waals surface area (Å²) in [6.45, 7) is 5.11. The summed E-state index contributed by atoms with van der Waals surface area (Å²) in [5.74, 6) is 0.262. The van der Waals surface area contributed by atoms with Crippen molar-refractivity contribution in [1.82, 2.24) is 19.9 Å². The smallest absolute Gasteiger partial charge is 0.275 e. The van der Waals surface area contributed by atoms with Crippen molar-refractivity contribution in [3.63, 3.8) is 0 Å². The third-order valence-corrected chi connectivity index (χ3v) is 4.25. The van der Waals surface area contributed by atoms with Crippen LogP contribution in [0.3, 0.4) is 0 Å². The maximum Gasteiger partial charge on any atom is 0.275 e. The summed E-state index contributed by atoms with van der Waals surface area (Å²) < 4.78 is 1.42. The standard InChI is InChI=1S/C12H16N4OS/c1-7(2)9-6-10(17)16-12(14-9)18-11(15-16)8-4-3-5-13-8/h6-8,13H,3-5H2,1-2H3/t8-/m1/s1. The van der Waals surface area contributed by atoms with E-state index in [1.54, 1.807) is 6.07 Å². The first-order valence-corrected chi connectivity index (χ1v) is 7.11. The summed E-state index contributed by atoms with van der Waals surface area (Å²) in [5.41, 5.74) is 0.763. The van der Waals surface area contributed by atoms with Crippen LogP contribution in [0.5, 0.6) is 0 Å². The van der Waals surface area contributed by atoms with E-state index in [1.807, 2.05) is 13.8 Å². The molecule has 0 aliphatic carbocycles. The Morgan fingerprint density at radius 1 is 1.56 bits per heavy atom. The van der Waals surface area contributed by atoms with Gasteiger partial charge in [0.15, 0.2) is 0 Å². The lowest BCUT2D eigenvalue weighted by atomic mass is 10.1. The first kappa shape index (κ1) is 11.8. The molecule has 0 radical (unpaired) electrons. The fraction of sp³-hybridized carbons (Fsp3) is 0.583. The molecular weight excluding hydrogens is 248 g/mol. The Kier molecular flexibility index (Phi) is 2.91. The van der Waals surface area contributed by atoms with Crippen LogP contribution in [0.25, 0.3) is 4.96 Å². The molecule has 0 aromatic carbocycles. The first-order chi connectivity index (χ1) is 8.65. The molecule has 1 atom stereocenters. The second-order valence-corrected chi connectivity index (χ2v) is 5.95. The fourth-order valence-corrected chi connectivity index (χ4v) is 3.20. The van der Waals surface area contributed by atoms with Gasteiger partial charge in [0.05, 0.1) is 11.7 Å².